The molecule has 0 saturated carbocycles. The average molecular weight is 382 g/mol. The summed E-state index contributed by atoms with van der Waals surface area (Å²) in [6, 6.07) is 15.0. The third-order valence-corrected chi connectivity index (χ3v) is 5.13. The van der Waals surface area contributed by atoms with Crippen LogP contribution in [0.3, 0.4) is 0 Å². The molecule has 146 valence electrons. The summed E-state index contributed by atoms with van der Waals surface area (Å²) >= 11 is 0. The van der Waals surface area contributed by atoms with Crippen LogP contribution < -0.4 is 0 Å². The molecule has 0 spiro atoms. The lowest BCUT2D eigenvalue weighted by molar-refractivity contribution is 0.622. The molecule has 0 saturated heterocycles. The lowest BCUT2D eigenvalue weighted by Crippen LogP contribution is -1.93. The molecule has 0 N–H and O–H groups in total. The summed E-state index contributed by atoms with van der Waals surface area (Å²) in [5.41, 5.74) is 1.93. The van der Waals surface area contributed by atoms with Crippen LogP contribution in [0.25, 0.3) is 22.4 Å². The number of halogens is 3. The summed E-state index contributed by atoms with van der Waals surface area (Å²) in [6.45, 7) is 4.14. The molecule has 0 amide bonds. The van der Waals surface area contributed by atoms with Crippen LogP contribution in [0.1, 0.15) is 55.4 Å². The van der Waals surface area contributed by atoms with Gasteiger partial charge in [0.1, 0.15) is 5.82 Å². The molecule has 0 heterocycles. The molecule has 0 bridgehead atoms. The van der Waals surface area contributed by atoms with Gasteiger partial charge in [0.15, 0.2) is 11.7 Å². The zero-order valence-electron chi connectivity index (χ0n) is 16.4. The van der Waals surface area contributed by atoms with Crippen LogP contribution in [0.5, 0.6) is 0 Å². The SMILES string of the molecule is CCCCCc1ccc2c(F)c(C(F)=C(F)c3ccc(CC)cc3)ccc2c1. The van der Waals surface area contributed by atoms with Crippen molar-refractivity contribution >= 4 is 22.4 Å². The Balaban J connectivity index is 1.95. The fourth-order valence-corrected chi connectivity index (χ4v) is 3.38. The van der Waals surface area contributed by atoms with Crippen LogP contribution in [0.15, 0.2) is 54.6 Å². The maximum Gasteiger partial charge on any atom is 0.169 e. The molecule has 0 fully saturated rings. The monoisotopic (exact) mass is 382 g/mol. The third kappa shape index (κ3) is 4.30. The highest BCUT2D eigenvalue weighted by atomic mass is 19.2. The molecule has 0 aromatic heterocycles. The van der Waals surface area contributed by atoms with E-state index in [1.807, 2.05) is 19.1 Å². The number of unbranched alkanes of at least 4 members (excludes halogenated alkanes) is 2. The minimum absolute atomic E-state index is 0.112. The number of hydrogen-bond acceptors (Lipinski definition) is 0. The fourth-order valence-electron chi connectivity index (χ4n) is 3.38. The molecular formula is C25H25F3. The molecular weight excluding hydrogens is 357 g/mol. The summed E-state index contributed by atoms with van der Waals surface area (Å²) in [4.78, 5) is 0. The predicted molar refractivity (Wildman–Crippen MR) is 112 cm³/mol. The van der Waals surface area contributed by atoms with E-state index in [4.69, 9.17) is 0 Å². The lowest BCUT2D eigenvalue weighted by atomic mass is 9.99. The van der Waals surface area contributed by atoms with Gasteiger partial charge in [0, 0.05) is 16.5 Å². The minimum Gasteiger partial charge on any atom is -0.206 e. The van der Waals surface area contributed by atoms with Gasteiger partial charge in [-0.3, -0.25) is 0 Å². The molecule has 0 nitrogen and oxygen atoms in total. The van der Waals surface area contributed by atoms with Gasteiger partial charge in [0.25, 0.3) is 0 Å². The van der Waals surface area contributed by atoms with Crippen LogP contribution in [-0.2, 0) is 12.8 Å². The van der Waals surface area contributed by atoms with Crippen molar-refractivity contribution in [1.29, 1.82) is 0 Å². The van der Waals surface area contributed by atoms with Crippen molar-refractivity contribution in [2.24, 2.45) is 0 Å². The summed E-state index contributed by atoms with van der Waals surface area (Å²) in [6.07, 6.45) is 5.13. The average Bonchev–Trinajstić information content (AvgIpc) is 2.73. The van der Waals surface area contributed by atoms with E-state index < -0.39 is 17.5 Å². The first-order chi connectivity index (χ1) is 13.5. The number of rotatable bonds is 7. The molecule has 3 rings (SSSR count). The van der Waals surface area contributed by atoms with Crippen molar-refractivity contribution < 1.29 is 13.2 Å². The largest absolute Gasteiger partial charge is 0.206 e. The van der Waals surface area contributed by atoms with Crippen LogP contribution in [0.4, 0.5) is 13.2 Å². The van der Waals surface area contributed by atoms with Crippen molar-refractivity contribution in [1.82, 2.24) is 0 Å². The number of hydrogen-bond donors (Lipinski definition) is 0. The first-order valence-corrected chi connectivity index (χ1v) is 9.91. The standard InChI is InChI=1S/C25H25F3/c1-3-5-6-7-18-10-14-21-20(16-18)13-15-22(24(21)27)25(28)23(26)19-11-8-17(4-2)9-12-19/h8-16H,3-7H2,1-2H3. The van der Waals surface area contributed by atoms with E-state index >= 15 is 0 Å². The Bertz CT molecular complexity index is 985. The van der Waals surface area contributed by atoms with Crippen molar-refractivity contribution in [2.75, 3.05) is 0 Å². The first kappa shape index (κ1) is 20.2. The van der Waals surface area contributed by atoms with Crippen LogP contribution in [-0.4, -0.2) is 0 Å². The molecule has 0 aliphatic carbocycles. The van der Waals surface area contributed by atoms with Gasteiger partial charge in [0.2, 0.25) is 0 Å². The van der Waals surface area contributed by atoms with Crippen LogP contribution in [0, 0.1) is 5.82 Å². The van der Waals surface area contributed by atoms with Crippen molar-refractivity contribution in [3.63, 3.8) is 0 Å². The van der Waals surface area contributed by atoms with Gasteiger partial charge < -0.3 is 0 Å². The van der Waals surface area contributed by atoms with E-state index in [0.717, 1.165) is 43.2 Å². The molecule has 0 radical (unpaired) electrons. The van der Waals surface area contributed by atoms with E-state index in [9.17, 15) is 13.2 Å². The maximum atomic E-state index is 14.9. The Morgan fingerprint density at radius 3 is 2.18 bits per heavy atom. The Morgan fingerprint density at radius 2 is 1.50 bits per heavy atom. The molecule has 0 atom stereocenters. The van der Waals surface area contributed by atoms with Gasteiger partial charge in [-0.2, -0.15) is 0 Å². The number of benzene rings is 3. The smallest absolute Gasteiger partial charge is 0.169 e. The highest BCUT2D eigenvalue weighted by Crippen LogP contribution is 2.33. The second kappa shape index (κ2) is 9.09. The van der Waals surface area contributed by atoms with Gasteiger partial charge in [0.05, 0.1) is 0 Å². The zero-order valence-corrected chi connectivity index (χ0v) is 16.4. The predicted octanol–water partition coefficient (Wildman–Crippen LogP) is 8.04. The van der Waals surface area contributed by atoms with Gasteiger partial charge in [-0.25, -0.2) is 13.2 Å². The summed E-state index contributed by atoms with van der Waals surface area (Å²) in [5.74, 6) is -2.94. The van der Waals surface area contributed by atoms with E-state index in [-0.39, 0.29) is 11.1 Å². The lowest BCUT2D eigenvalue weighted by Gasteiger charge is -2.09. The molecule has 3 aromatic carbocycles. The fraction of sp³-hybridized carbons (Fsp3) is 0.280. The van der Waals surface area contributed by atoms with E-state index in [1.165, 1.54) is 18.2 Å². The van der Waals surface area contributed by atoms with E-state index in [0.29, 0.717) is 10.8 Å². The summed E-state index contributed by atoms with van der Waals surface area (Å²) in [5, 5.41) is 1.01. The Kier molecular flexibility index (Phi) is 6.56. The van der Waals surface area contributed by atoms with E-state index in [2.05, 4.69) is 6.92 Å². The maximum absolute atomic E-state index is 14.9. The highest BCUT2D eigenvalue weighted by Gasteiger charge is 2.17. The van der Waals surface area contributed by atoms with Crippen molar-refractivity contribution in [3.8, 4) is 0 Å². The van der Waals surface area contributed by atoms with Gasteiger partial charge in [-0.1, -0.05) is 75.2 Å². The second-order valence-corrected chi connectivity index (χ2v) is 7.12. The Hall–Kier alpha value is -2.55. The third-order valence-electron chi connectivity index (χ3n) is 5.13. The van der Waals surface area contributed by atoms with Crippen molar-refractivity contribution in [2.45, 2.75) is 46.0 Å². The van der Waals surface area contributed by atoms with E-state index in [1.54, 1.807) is 24.3 Å². The van der Waals surface area contributed by atoms with Gasteiger partial charge in [-0.05, 0) is 41.8 Å². The normalized spacial score (nSPS) is 12.3. The molecule has 0 aliphatic heterocycles. The first-order valence-electron chi connectivity index (χ1n) is 9.91. The Labute approximate surface area is 164 Å². The second-order valence-electron chi connectivity index (χ2n) is 7.12. The van der Waals surface area contributed by atoms with Gasteiger partial charge >= 0.3 is 0 Å². The molecule has 0 aliphatic rings. The highest BCUT2D eigenvalue weighted by molar-refractivity contribution is 5.91. The topological polar surface area (TPSA) is 0 Å². The molecule has 3 heteroatoms. The van der Waals surface area contributed by atoms with Crippen molar-refractivity contribution in [3.05, 3.63) is 82.7 Å². The molecule has 28 heavy (non-hydrogen) atoms. The summed E-state index contributed by atoms with van der Waals surface area (Å²) in [7, 11) is 0. The quantitative estimate of drug-likeness (QED) is 0.286. The zero-order chi connectivity index (χ0) is 20.1. The molecule has 0 unspecified atom stereocenters. The number of aryl methyl sites for hydroxylation is 2. The van der Waals surface area contributed by atoms with Gasteiger partial charge in [-0.15, -0.1) is 0 Å². The van der Waals surface area contributed by atoms with Crippen LogP contribution >= 0.6 is 0 Å². The number of fused-ring (bicyclic) bond motifs is 1. The summed E-state index contributed by atoms with van der Waals surface area (Å²) < 4.78 is 44.3. The molecule has 3 aromatic rings. The van der Waals surface area contributed by atoms with Crippen LogP contribution in [0.2, 0.25) is 0 Å². The Morgan fingerprint density at radius 1 is 0.786 bits per heavy atom. The minimum atomic E-state index is -1.17.